The number of benzene rings is 2. The quantitative estimate of drug-likeness (QED) is 0.578. The zero-order valence-electron chi connectivity index (χ0n) is 14.9. The van der Waals surface area contributed by atoms with Gasteiger partial charge in [-0.1, -0.05) is 54.1 Å². The Kier molecular flexibility index (Phi) is 4.75. The molecule has 0 saturated heterocycles. The first-order valence-corrected chi connectivity index (χ1v) is 9.15. The van der Waals surface area contributed by atoms with E-state index in [4.69, 9.17) is 11.6 Å². The summed E-state index contributed by atoms with van der Waals surface area (Å²) in [4.78, 5) is 25.5. The summed E-state index contributed by atoms with van der Waals surface area (Å²) in [7, 11) is 0. The first kappa shape index (κ1) is 18.1. The first-order valence-electron chi connectivity index (χ1n) is 8.77. The maximum Gasteiger partial charge on any atom is 0.279 e. The largest absolute Gasteiger partial charge is 0.503 e. The minimum atomic E-state index is -0.529. The predicted octanol–water partition coefficient (Wildman–Crippen LogP) is 3.46. The highest BCUT2D eigenvalue weighted by molar-refractivity contribution is 6.30. The number of hydrogen-bond donors (Lipinski definition) is 1. The van der Waals surface area contributed by atoms with Gasteiger partial charge < -0.3 is 14.1 Å². The summed E-state index contributed by atoms with van der Waals surface area (Å²) in [5.41, 5.74) is 1.22. The topological polar surface area (TPSA) is 63.7 Å². The molecule has 0 saturated carbocycles. The van der Waals surface area contributed by atoms with Crippen molar-refractivity contribution in [2.75, 3.05) is 0 Å². The third kappa shape index (κ3) is 3.44. The van der Waals surface area contributed by atoms with Gasteiger partial charge in [-0.05, 0) is 23.3 Å². The van der Waals surface area contributed by atoms with Crippen LogP contribution < -0.4 is 11.0 Å². The van der Waals surface area contributed by atoms with Crippen LogP contribution >= 0.6 is 11.6 Å². The molecule has 4 aromatic rings. The van der Waals surface area contributed by atoms with Gasteiger partial charge in [0.05, 0.1) is 6.54 Å². The van der Waals surface area contributed by atoms with Crippen LogP contribution in [0.1, 0.15) is 16.7 Å². The van der Waals surface area contributed by atoms with Crippen LogP contribution in [0.2, 0.25) is 5.02 Å². The van der Waals surface area contributed by atoms with Gasteiger partial charge >= 0.3 is 0 Å². The van der Waals surface area contributed by atoms with Crippen LogP contribution in [0, 0.1) is 0 Å². The molecular formula is C22H17ClN2O3. The molecule has 28 heavy (non-hydrogen) atoms. The normalized spacial score (nSPS) is 11.0. The summed E-state index contributed by atoms with van der Waals surface area (Å²) >= 11 is 6.00. The number of hydrogen-bond acceptors (Lipinski definition) is 3. The fourth-order valence-corrected chi connectivity index (χ4v) is 3.47. The van der Waals surface area contributed by atoms with Gasteiger partial charge in [-0.3, -0.25) is 9.59 Å². The second kappa shape index (κ2) is 7.37. The lowest BCUT2D eigenvalue weighted by Gasteiger charge is -2.11. The molecule has 1 N–H and O–H groups in total. The minimum absolute atomic E-state index is 0.0358. The van der Waals surface area contributed by atoms with E-state index in [0.29, 0.717) is 17.0 Å². The highest BCUT2D eigenvalue weighted by Crippen LogP contribution is 2.15. The Morgan fingerprint density at radius 1 is 0.929 bits per heavy atom. The fourth-order valence-electron chi connectivity index (χ4n) is 3.26. The van der Waals surface area contributed by atoms with Crippen molar-refractivity contribution >= 4 is 17.1 Å². The van der Waals surface area contributed by atoms with Crippen molar-refractivity contribution in [3.8, 4) is 5.75 Å². The van der Waals surface area contributed by atoms with E-state index in [1.807, 2.05) is 42.5 Å². The van der Waals surface area contributed by atoms with E-state index >= 15 is 0 Å². The molecule has 2 heterocycles. The number of aromatic hydroxyl groups is 1. The Balaban J connectivity index is 1.79. The van der Waals surface area contributed by atoms with E-state index in [1.165, 1.54) is 8.97 Å². The summed E-state index contributed by atoms with van der Waals surface area (Å²) in [6.45, 7) is 0.287. The highest BCUT2D eigenvalue weighted by Gasteiger charge is 2.15. The summed E-state index contributed by atoms with van der Waals surface area (Å²) in [5, 5.41) is 11.0. The van der Waals surface area contributed by atoms with Crippen LogP contribution in [0.5, 0.6) is 5.75 Å². The standard InChI is InChI=1S/C22H17ClN2O3/c23-18-8-4-7-16(12-18)13-25-10-9-24-14-17(11-15-5-2-1-3-6-15)20(26)21(27)19(24)22(25)28/h1-10,12,14,27H,11,13H2. The zero-order chi connectivity index (χ0) is 19.7. The molecule has 140 valence electrons. The molecule has 6 heteroatoms. The SMILES string of the molecule is O=c1c(Cc2ccccc2)cn2ccn(Cc3cccc(Cl)c3)c(=O)c2c1O. The molecule has 0 atom stereocenters. The molecule has 0 amide bonds. The maximum absolute atomic E-state index is 12.9. The molecular weight excluding hydrogens is 376 g/mol. The van der Waals surface area contributed by atoms with Gasteiger partial charge in [0, 0.05) is 35.6 Å². The van der Waals surface area contributed by atoms with Crippen LogP contribution in [-0.4, -0.2) is 14.1 Å². The Morgan fingerprint density at radius 3 is 2.43 bits per heavy atom. The van der Waals surface area contributed by atoms with Crippen molar-refractivity contribution in [3.05, 3.63) is 115 Å². The van der Waals surface area contributed by atoms with Crippen molar-refractivity contribution in [2.24, 2.45) is 0 Å². The van der Waals surface area contributed by atoms with E-state index in [0.717, 1.165) is 11.1 Å². The molecule has 0 aliphatic carbocycles. The Bertz CT molecular complexity index is 1280. The average molecular weight is 393 g/mol. The second-order valence-electron chi connectivity index (χ2n) is 6.61. The van der Waals surface area contributed by atoms with E-state index in [-0.39, 0.29) is 12.1 Å². The van der Waals surface area contributed by atoms with E-state index < -0.39 is 16.7 Å². The number of rotatable bonds is 4. The molecule has 4 rings (SSSR count). The van der Waals surface area contributed by atoms with Gasteiger partial charge in [0.1, 0.15) is 0 Å². The van der Waals surface area contributed by atoms with Gasteiger partial charge in [0.15, 0.2) is 11.3 Å². The van der Waals surface area contributed by atoms with Crippen molar-refractivity contribution in [2.45, 2.75) is 13.0 Å². The Hall–Kier alpha value is -3.31. The molecule has 5 nitrogen and oxygen atoms in total. The number of nitrogens with zero attached hydrogens (tertiary/aromatic N) is 2. The molecule has 0 bridgehead atoms. The van der Waals surface area contributed by atoms with Gasteiger partial charge in [0.25, 0.3) is 5.56 Å². The van der Waals surface area contributed by atoms with E-state index in [2.05, 4.69) is 0 Å². The van der Waals surface area contributed by atoms with E-state index in [9.17, 15) is 14.7 Å². The molecule has 0 aliphatic heterocycles. The lowest BCUT2D eigenvalue weighted by molar-refractivity contribution is 0.471. The zero-order valence-corrected chi connectivity index (χ0v) is 15.6. The lowest BCUT2D eigenvalue weighted by Crippen LogP contribution is -2.25. The van der Waals surface area contributed by atoms with Crippen LogP contribution in [0.15, 0.2) is 82.8 Å². The number of aromatic nitrogens is 2. The van der Waals surface area contributed by atoms with E-state index in [1.54, 1.807) is 30.7 Å². The first-order chi connectivity index (χ1) is 13.5. The predicted molar refractivity (Wildman–Crippen MR) is 109 cm³/mol. The summed E-state index contributed by atoms with van der Waals surface area (Å²) in [5.74, 6) is -0.529. The van der Waals surface area contributed by atoms with Crippen molar-refractivity contribution in [3.63, 3.8) is 0 Å². The van der Waals surface area contributed by atoms with Gasteiger partial charge in [-0.15, -0.1) is 0 Å². The van der Waals surface area contributed by atoms with Gasteiger partial charge in [-0.25, -0.2) is 0 Å². The molecule has 0 spiro atoms. The van der Waals surface area contributed by atoms with Crippen molar-refractivity contribution in [1.29, 1.82) is 0 Å². The Labute approximate surface area is 165 Å². The fraction of sp³-hybridized carbons (Fsp3) is 0.0909. The average Bonchev–Trinajstić information content (AvgIpc) is 2.69. The van der Waals surface area contributed by atoms with Gasteiger partial charge in [-0.2, -0.15) is 0 Å². The Morgan fingerprint density at radius 2 is 1.68 bits per heavy atom. The smallest absolute Gasteiger partial charge is 0.279 e. The third-order valence-electron chi connectivity index (χ3n) is 4.63. The molecule has 0 fully saturated rings. The molecule has 2 aromatic carbocycles. The second-order valence-corrected chi connectivity index (χ2v) is 7.05. The maximum atomic E-state index is 12.9. The van der Waals surface area contributed by atoms with Crippen LogP contribution in [0.3, 0.4) is 0 Å². The number of fused-ring (bicyclic) bond motifs is 1. The summed E-state index contributed by atoms with van der Waals surface area (Å²) in [6.07, 6.45) is 5.28. The molecule has 0 radical (unpaired) electrons. The molecule has 2 aromatic heterocycles. The molecule has 0 aliphatic rings. The minimum Gasteiger partial charge on any atom is -0.503 e. The number of halogens is 1. The third-order valence-corrected chi connectivity index (χ3v) is 4.87. The van der Waals surface area contributed by atoms with Crippen molar-refractivity contribution < 1.29 is 5.11 Å². The highest BCUT2D eigenvalue weighted by atomic mass is 35.5. The van der Waals surface area contributed by atoms with Crippen LogP contribution in [0.25, 0.3) is 5.52 Å². The van der Waals surface area contributed by atoms with Crippen LogP contribution in [0.4, 0.5) is 0 Å². The van der Waals surface area contributed by atoms with Gasteiger partial charge in [0.2, 0.25) is 5.43 Å². The number of pyridine rings is 1. The monoisotopic (exact) mass is 392 g/mol. The molecule has 0 unspecified atom stereocenters. The van der Waals surface area contributed by atoms with Crippen molar-refractivity contribution in [1.82, 2.24) is 8.97 Å². The lowest BCUT2D eigenvalue weighted by atomic mass is 10.1. The van der Waals surface area contributed by atoms with Crippen LogP contribution in [-0.2, 0) is 13.0 Å². The summed E-state index contributed by atoms with van der Waals surface area (Å²) < 4.78 is 2.95. The summed E-state index contributed by atoms with van der Waals surface area (Å²) in [6, 6.07) is 16.7.